The van der Waals surface area contributed by atoms with Crippen molar-refractivity contribution in [3.63, 3.8) is 0 Å². The van der Waals surface area contributed by atoms with Crippen molar-refractivity contribution in [3.8, 4) is 5.75 Å². The molecule has 0 bridgehead atoms. The molecule has 0 saturated carbocycles. The number of hydrogen-bond donors (Lipinski definition) is 1. The van der Waals surface area contributed by atoms with Crippen LogP contribution in [0, 0.1) is 0 Å². The number of anilines is 1. The number of rotatable bonds is 3. The van der Waals surface area contributed by atoms with Crippen LogP contribution in [0.15, 0.2) is 18.2 Å². The number of likely N-dealkylation sites (N-methyl/N-ethyl adjacent to an activating group) is 1. The number of carbonyl (C=O) groups is 1. The Morgan fingerprint density at radius 1 is 1.28 bits per heavy atom. The molecule has 5 heteroatoms. The van der Waals surface area contributed by atoms with E-state index in [4.69, 9.17) is 9.84 Å². The maximum atomic E-state index is 11.2. The van der Waals surface area contributed by atoms with Crippen molar-refractivity contribution < 1.29 is 14.6 Å². The van der Waals surface area contributed by atoms with Crippen LogP contribution in [-0.2, 0) is 0 Å². The number of para-hydroxylation sites is 1. The van der Waals surface area contributed by atoms with Crippen LogP contribution in [0.3, 0.4) is 0 Å². The van der Waals surface area contributed by atoms with Crippen LogP contribution in [0.25, 0.3) is 0 Å². The average Bonchev–Trinajstić information content (AvgIpc) is 2.38. The van der Waals surface area contributed by atoms with E-state index in [0.717, 1.165) is 31.9 Å². The monoisotopic (exact) mass is 250 g/mol. The zero-order valence-electron chi connectivity index (χ0n) is 10.7. The van der Waals surface area contributed by atoms with E-state index in [9.17, 15) is 4.79 Å². The van der Waals surface area contributed by atoms with E-state index in [1.807, 2.05) is 6.07 Å². The fourth-order valence-corrected chi connectivity index (χ4v) is 2.20. The van der Waals surface area contributed by atoms with E-state index in [-0.39, 0.29) is 5.56 Å². The van der Waals surface area contributed by atoms with Crippen molar-refractivity contribution in [3.05, 3.63) is 23.8 Å². The molecule has 1 aliphatic rings. The third kappa shape index (κ3) is 2.41. The molecule has 18 heavy (non-hydrogen) atoms. The van der Waals surface area contributed by atoms with Gasteiger partial charge in [0.2, 0.25) is 0 Å². The highest BCUT2D eigenvalue weighted by molar-refractivity contribution is 5.93. The highest BCUT2D eigenvalue weighted by Crippen LogP contribution is 2.32. The number of piperazine rings is 1. The molecule has 98 valence electrons. The molecular formula is C13H18N2O3. The van der Waals surface area contributed by atoms with Gasteiger partial charge in [0, 0.05) is 26.2 Å². The van der Waals surface area contributed by atoms with E-state index in [1.54, 1.807) is 12.1 Å². The van der Waals surface area contributed by atoms with Crippen molar-refractivity contribution >= 4 is 11.7 Å². The number of carboxylic acids is 1. The predicted molar refractivity (Wildman–Crippen MR) is 69.7 cm³/mol. The maximum absolute atomic E-state index is 11.2. The molecule has 1 aliphatic heterocycles. The molecule has 0 spiro atoms. The van der Waals surface area contributed by atoms with Gasteiger partial charge in [-0.1, -0.05) is 6.07 Å². The first-order valence-corrected chi connectivity index (χ1v) is 5.97. The van der Waals surface area contributed by atoms with Gasteiger partial charge in [0.15, 0.2) is 5.75 Å². The summed E-state index contributed by atoms with van der Waals surface area (Å²) in [7, 11) is 3.60. The Hall–Kier alpha value is -1.75. The minimum atomic E-state index is -0.956. The zero-order chi connectivity index (χ0) is 13.1. The summed E-state index contributed by atoms with van der Waals surface area (Å²) in [6.45, 7) is 3.72. The summed E-state index contributed by atoms with van der Waals surface area (Å²) in [4.78, 5) is 15.6. The average molecular weight is 250 g/mol. The van der Waals surface area contributed by atoms with Crippen LogP contribution < -0.4 is 9.64 Å². The van der Waals surface area contributed by atoms with Gasteiger partial charge in [0.05, 0.1) is 12.8 Å². The van der Waals surface area contributed by atoms with Gasteiger partial charge in [-0.2, -0.15) is 0 Å². The lowest BCUT2D eigenvalue weighted by molar-refractivity contribution is 0.0693. The lowest BCUT2D eigenvalue weighted by Crippen LogP contribution is -2.44. The first-order chi connectivity index (χ1) is 8.63. The normalized spacial score (nSPS) is 16.7. The Morgan fingerprint density at radius 2 is 1.94 bits per heavy atom. The maximum Gasteiger partial charge on any atom is 0.339 e. The summed E-state index contributed by atoms with van der Waals surface area (Å²) in [6, 6.07) is 5.25. The van der Waals surface area contributed by atoms with E-state index in [1.165, 1.54) is 7.11 Å². The fourth-order valence-electron chi connectivity index (χ4n) is 2.20. The van der Waals surface area contributed by atoms with Crippen LogP contribution in [0.2, 0.25) is 0 Å². The summed E-state index contributed by atoms with van der Waals surface area (Å²) in [6.07, 6.45) is 0. The van der Waals surface area contributed by atoms with Gasteiger partial charge >= 0.3 is 5.97 Å². The number of aromatic carboxylic acids is 1. The lowest BCUT2D eigenvalue weighted by Gasteiger charge is -2.34. The van der Waals surface area contributed by atoms with Crippen LogP contribution in [0.4, 0.5) is 5.69 Å². The second-order valence-electron chi connectivity index (χ2n) is 4.45. The van der Waals surface area contributed by atoms with Crippen molar-refractivity contribution in [1.29, 1.82) is 0 Å². The zero-order valence-corrected chi connectivity index (χ0v) is 10.7. The summed E-state index contributed by atoms with van der Waals surface area (Å²) in [5.41, 5.74) is 1.08. The van der Waals surface area contributed by atoms with Gasteiger partial charge in [-0.3, -0.25) is 0 Å². The molecule has 0 radical (unpaired) electrons. The quantitative estimate of drug-likeness (QED) is 0.872. The smallest absolute Gasteiger partial charge is 0.339 e. The SMILES string of the molecule is COc1c(C(=O)O)cccc1N1CCN(C)CC1. The number of hydrogen-bond acceptors (Lipinski definition) is 4. The second-order valence-corrected chi connectivity index (χ2v) is 4.45. The molecule has 2 rings (SSSR count). The third-order valence-corrected chi connectivity index (χ3v) is 3.27. The first kappa shape index (κ1) is 12.7. The molecule has 0 amide bonds. The lowest BCUT2D eigenvalue weighted by atomic mass is 10.1. The van der Waals surface area contributed by atoms with Gasteiger partial charge in [-0.15, -0.1) is 0 Å². The number of nitrogens with zero attached hydrogens (tertiary/aromatic N) is 2. The molecule has 5 nitrogen and oxygen atoms in total. The molecule has 0 atom stereocenters. The summed E-state index contributed by atoms with van der Waals surface area (Å²) < 4.78 is 5.28. The molecule has 0 unspecified atom stereocenters. The number of methoxy groups -OCH3 is 1. The summed E-state index contributed by atoms with van der Waals surface area (Å²) in [5.74, 6) is -0.502. The molecule has 0 aliphatic carbocycles. The molecule has 1 saturated heterocycles. The molecular weight excluding hydrogens is 232 g/mol. The molecule has 1 N–H and O–H groups in total. The van der Waals surface area contributed by atoms with Gasteiger partial charge < -0.3 is 19.6 Å². The topological polar surface area (TPSA) is 53.0 Å². The molecule has 1 fully saturated rings. The third-order valence-electron chi connectivity index (χ3n) is 3.27. The van der Waals surface area contributed by atoms with Crippen LogP contribution >= 0.6 is 0 Å². The Bertz CT molecular complexity index is 440. The van der Waals surface area contributed by atoms with Crippen molar-refractivity contribution in [2.45, 2.75) is 0 Å². The Balaban J connectivity index is 2.32. The van der Waals surface area contributed by atoms with Crippen LogP contribution in [0.5, 0.6) is 5.75 Å². The highest BCUT2D eigenvalue weighted by Gasteiger charge is 2.21. The molecule has 0 aromatic heterocycles. The largest absolute Gasteiger partial charge is 0.494 e. The van der Waals surface area contributed by atoms with Crippen molar-refractivity contribution in [2.75, 3.05) is 45.2 Å². The highest BCUT2D eigenvalue weighted by atomic mass is 16.5. The van der Waals surface area contributed by atoms with E-state index in [0.29, 0.717) is 5.75 Å². The van der Waals surface area contributed by atoms with Gasteiger partial charge in [-0.05, 0) is 19.2 Å². The van der Waals surface area contributed by atoms with Gasteiger partial charge in [0.25, 0.3) is 0 Å². The van der Waals surface area contributed by atoms with Crippen LogP contribution in [-0.4, -0.2) is 56.3 Å². The van der Waals surface area contributed by atoms with E-state index in [2.05, 4.69) is 16.8 Å². The number of benzene rings is 1. The molecule has 1 heterocycles. The Morgan fingerprint density at radius 3 is 2.50 bits per heavy atom. The van der Waals surface area contributed by atoms with Crippen molar-refractivity contribution in [2.24, 2.45) is 0 Å². The minimum absolute atomic E-state index is 0.217. The standard InChI is InChI=1S/C13H18N2O3/c1-14-6-8-15(9-7-14)11-5-3-4-10(13(16)17)12(11)18-2/h3-5H,6-9H2,1-2H3,(H,16,17). The van der Waals surface area contributed by atoms with E-state index < -0.39 is 5.97 Å². The van der Waals surface area contributed by atoms with Gasteiger partial charge in [0.1, 0.15) is 5.56 Å². The Labute approximate surface area is 107 Å². The molecule has 1 aromatic rings. The minimum Gasteiger partial charge on any atom is -0.494 e. The van der Waals surface area contributed by atoms with Gasteiger partial charge in [-0.25, -0.2) is 4.79 Å². The second kappa shape index (κ2) is 5.27. The van der Waals surface area contributed by atoms with Crippen LogP contribution in [0.1, 0.15) is 10.4 Å². The Kier molecular flexibility index (Phi) is 3.72. The fraction of sp³-hybridized carbons (Fsp3) is 0.462. The van der Waals surface area contributed by atoms with Crippen molar-refractivity contribution in [1.82, 2.24) is 4.90 Å². The molecule has 1 aromatic carbocycles. The summed E-state index contributed by atoms with van der Waals surface area (Å²) in [5, 5.41) is 9.15. The first-order valence-electron chi connectivity index (χ1n) is 5.97. The summed E-state index contributed by atoms with van der Waals surface area (Å²) >= 11 is 0. The number of ether oxygens (including phenoxy) is 1. The van der Waals surface area contributed by atoms with E-state index >= 15 is 0 Å². The predicted octanol–water partition coefficient (Wildman–Crippen LogP) is 1.15. The number of carboxylic acid groups (broad SMARTS) is 1.